The zero-order valence-electron chi connectivity index (χ0n) is 14.2. The van der Waals surface area contributed by atoms with E-state index < -0.39 is 21.7 Å². The number of para-hydroxylation sites is 1. The normalized spacial score (nSPS) is 16.9. The van der Waals surface area contributed by atoms with Gasteiger partial charge in [-0.3, -0.25) is 9.52 Å². The van der Waals surface area contributed by atoms with Gasteiger partial charge in [0.1, 0.15) is 5.82 Å². The summed E-state index contributed by atoms with van der Waals surface area (Å²) in [7, 11) is -4.05. The van der Waals surface area contributed by atoms with Crippen LogP contribution in [-0.4, -0.2) is 33.6 Å². The van der Waals surface area contributed by atoms with Gasteiger partial charge in [-0.2, -0.15) is 0 Å². The molecule has 0 bridgehead atoms. The lowest BCUT2D eigenvalue weighted by molar-refractivity contribution is 0.0858. The van der Waals surface area contributed by atoms with Gasteiger partial charge < -0.3 is 10.1 Å². The minimum absolute atomic E-state index is 0.0286. The van der Waals surface area contributed by atoms with Gasteiger partial charge in [-0.05, 0) is 43.2 Å². The Morgan fingerprint density at radius 1 is 1.26 bits per heavy atom. The lowest BCUT2D eigenvalue weighted by Gasteiger charge is -2.14. The number of rotatable bonds is 6. The molecule has 1 amide bonds. The number of sulfonamides is 1. The van der Waals surface area contributed by atoms with Gasteiger partial charge in [0.05, 0.1) is 27.3 Å². The van der Waals surface area contributed by atoms with E-state index in [1.807, 2.05) is 0 Å². The van der Waals surface area contributed by atoms with E-state index in [-0.39, 0.29) is 27.3 Å². The summed E-state index contributed by atoms with van der Waals surface area (Å²) in [6.45, 7) is 1.03. The predicted octanol–water partition coefficient (Wildman–Crippen LogP) is 3.19. The smallest absolute Gasteiger partial charge is 0.261 e. The van der Waals surface area contributed by atoms with Crippen LogP contribution in [0.2, 0.25) is 5.02 Å². The van der Waals surface area contributed by atoms with Crippen LogP contribution in [0.25, 0.3) is 0 Å². The molecule has 1 atom stereocenters. The van der Waals surface area contributed by atoms with Crippen molar-refractivity contribution in [1.82, 2.24) is 5.32 Å². The minimum Gasteiger partial charge on any atom is -0.376 e. The molecule has 6 nitrogen and oxygen atoms in total. The van der Waals surface area contributed by atoms with E-state index in [2.05, 4.69) is 10.0 Å². The quantitative estimate of drug-likeness (QED) is 0.763. The molecular formula is C18H18ClFN2O4S. The molecule has 0 aromatic heterocycles. The summed E-state index contributed by atoms with van der Waals surface area (Å²) in [6.07, 6.45) is 1.80. The largest absolute Gasteiger partial charge is 0.376 e. The average molecular weight is 413 g/mol. The number of hydrogen-bond acceptors (Lipinski definition) is 4. The van der Waals surface area contributed by atoms with Crippen molar-refractivity contribution in [3.05, 3.63) is 58.9 Å². The molecule has 0 saturated carbocycles. The Balaban J connectivity index is 1.78. The van der Waals surface area contributed by atoms with Crippen LogP contribution in [0.3, 0.4) is 0 Å². The molecule has 27 heavy (non-hydrogen) atoms. The fourth-order valence-corrected chi connectivity index (χ4v) is 4.08. The number of benzene rings is 2. The zero-order chi connectivity index (χ0) is 19.4. The van der Waals surface area contributed by atoms with E-state index in [4.69, 9.17) is 16.3 Å². The molecule has 3 rings (SSSR count). The molecule has 1 saturated heterocycles. The zero-order valence-corrected chi connectivity index (χ0v) is 15.8. The Hall–Kier alpha value is -2.16. The first kappa shape index (κ1) is 19.6. The van der Waals surface area contributed by atoms with E-state index in [1.54, 1.807) is 12.1 Å². The number of anilines is 1. The third-order valence-electron chi connectivity index (χ3n) is 4.13. The van der Waals surface area contributed by atoms with Crippen LogP contribution in [0.5, 0.6) is 0 Å². The summed E-state index contributed by atoms with van der Waals surface area (Å²) in [5.41, 5.74) is 0.287. The summed E-state index contributed by atoms with van der Waals surface area (Å²) in [4.78, 5) is 12.3. The average Bonchev–Trinajstić information content (AvgIpc) is 3.15. The Morgan fingerprint density at radius 2 is 2.04 bits per heavy atom. The van der Waals surface area contributed by atoms with Crippen LogP contribution in [0, 0.1) is 5.82 Å². The monoisotopic (exact) mass is 412 g/mol. The predicted molar refractivity (Wildman–Crippen MR) is 100.0 cm³/mol. The topological polar surface area (TPSA) is 84.5 Å². The number of carbonyl (C=O) groups excluding carboxylic acids is 1. The second-order valence-electron chi connectivity index (χ2n) is 6.07. The summed E-state index contributed by atoms with van der Waals surface area (Å²) in [6, 6.07) is 9.31. The molecule has 9 heteroatoms. The van der Waals surface area contributed by atoms with Gasteiger partial charge >= 0.3 is 0 Å². The maximum atomic E-state index is 13.3. The first-order valence-corrected chi connectivity index (χ1v) is 10.2. The Morgan fingerprint density at radius 3 is 2.74 bits per heavy atom. The van der Waals surface area contributed by atoms with Crippen molar-refractivity contribution in [3.8, 4) is 0 Å². The van der Waals surface area contributed by atoms with Crippen LogP contribution in [0.4, 0.5) is 10.1 Å². The highest BCUT2D eigenvalue weighted by Crippen LogP contribution is 2.23. The Labute approximate surface area is 161 Å². The molecule has 0 aliphatic carbocycles. The van der Waals surface area contributed by atoms with Gasteiger partial charge in [-0.25, -0.2) is 12.8 Å². The van der Waals surface area contributed by atoms with Crippen LogP contribution < -0.4 is 10.0 Å². The molecule has 1 fully saturated rings. The van der Waals surface area contributed by atoms with Crippen molar-refractivity contribution in [2.45, 2.75) is 23.8 Å². The van der Waals surface area contributed by atoms with Gasteiger partial charge in [0.2, 0.25) is 0 Å². The molecular weight excluding hydrogens is 395 g/mol. The Bertz CT molecular complexity index is 946. The Kier molecular flexibility index (Phi) is 5.98. The van der Waals surface area contributed by atoms with Crippen molar-refractivity contribution in [1.29, 1.82) is 0 Å². The molecule has 2 aromatic carbocycles. The molecule has 144 valence electrons. The lowest BCUT2D eigenvalue weighted by atomic mass is 10.1. The maximum Gasteiger partial charge on any atom is 0.261 e. The van der Waals surface area contributed by atoms with Gasteiger partial charge in [0.25, 0.3) is 15.9 Å². The molecule has 0 radical (unpaired) electrons. The second kappa shape index (κ2) is 8.24. The van der Waals surface area contributed by atoms with Gasteiger partial charge in [0, 0.05) is 13.2 Å². The first-order chi connectivity index (χ1) is 12.9. The highest BCUT2D eigenvalue weighted by molar-refractivity contribution is 7.92. The van der Waals surface area contributed by atoms with Crippen molar-refractivity contribution >= 4 is 33.2 Å². The third-order valence-corrected chi connectivity index (χ3v) is 5.78. The van der Waals surface area contributed by atoms with Crippen molar-refractivity contribution in [3.63, 3.8) is 0 Å². The van der Waals surface area contributed by atoms with Crippen molar-refractivity contribution < 1.29 is 22.3 Å². The fraction of sp³-hybridized carbons (Fsp3) is 0.278. The van der Waals surface area contributed by atoms with E-state index in [9.17, 15) is 17.6 Å². The van der Waals surface area contributed by atoms with Gasteiger partial charge in [-0.15, -0.1) is 0 Å². The molecule has 2 N–H and O–H groups in total. The highest BCUT2D eigenvalue weighted by atomic mass is 35.5. The van der Waals surface area contributed by atoms with E-state index >= 15 is 0 Å². The number of amides is 1. The third kappa shape index (κ3) is 4.77. The molecule has 2 aromatic rings. The highest BCUT2D eigenvalue weighted by Gasteiger charge is 2.21. The van der Waals surface area contributed by atoms with Gasteiger partial charge in [-0.1, -0.05) is 23.7 Å². The van der Waals surface area contributed by atoms with Crippen LogP contribution >= 0.6 is 11.6 Å². The summed E-state index contributed by atoms with van der Waals surface area (Å²) in [5.74, 6) is -1.13. The lowest BCUT2D eigenvalue weighted by Crippen LogP contribution is -2.32. The van der Waals surface area contributed by atoms with Crippen molar-refractivity contribution in [2.75, 3.05) is 17.9 Å². The molecule has 1 heterocycles. The first-order valence-electron chi connectivity index (χ1n) is 8.33. The number of halogens is 2. The minimum atomic E-state index is -4.05. The standard InChI is InChI=1S/C18H18ClFN2O4S/c19-15-10-13(7-8-16(15)20)27(24,25)22-17-6-2-1-5-14(17)18(23)21-11-12-4-3-9-26-12/h1-2,5-8,10,12,22H,3-4,9,11H2,(H,21,23). The second-order valence-corrected chi connectivity index (χ2v) is 8.16. The number of nitrogens with one attached hydrogen (secondary N) is 2. The number of carbonyl (C=O) groups is 1. The summed E-state index contributed by atoms with van der Waals surface area (Å²) >= 11 is 5.66. The SMILES string of the molecule is O=C(NCC1CCCO1)c1ccccc1NS(=O)(=O)c1ccc(F)c(Cl)c1. The molecule has 0 spiro atoms. The van der Waals surface area contributed by atoms with E-state index in [1.165, 1.54) is 12.1 Å². The van der Waals surface area contributed by atoms with Crippen LogP contribution in [-0.2, 0) is 14.8 Å². The summed E-state index contributed by atoms with van der Waals surface area (Å²) < 4.78 is 46.2. The van der Waals surface area contributed by atoms with Crippen molar-refractivity contribution in [2.24, 2.45) is 0 Å². The van der Waals surface area contributed by atoms with Gasteiger partial charge in [0.15, 0.2) is 0 Å². The van der Waals surface area contributed by atoms with E-state index in [0.717, 1.165) is 31.0 Å². The number of ether oxygens (including phenoxy) is 1. The van der Waals surface area contributed by atoms with Crippen LogP contribution in [0.1, 0.15) is 23.2 Å². The van der Waals surface area contributed by atoms with E-state index in [0.29, 0.717) is 13.2 Å². The summed E-state index contributed by atoms with van der Waals surface area (Å²) in [5, 5.41) is 2.45. The maximum absolute atomic E-state index is 13.3. The fourth-order valence-electron chi connectivity index (χ4n) is 2.72. The number of hydrogen-bond donors (Lipinski definition) is 2. The van der Waals surface area contributed by atoms with Crippen LogP contribution in [0.15, 0.2) is 47.4 Å². The molecule has 1 unspecified atom stereocenters. The molecule has 1 aliphatic rings. The molecule has 1 aliphatic heterocycles.